The number of nitrogens with zero attached hydrogens (tertiary/aromatic N) is 4. The van der Waals surface area contributed by atoms with Crippen molar-refractivity contribution in [2.24, 2.45) is 14.1 Å². The smallest absolute Gasteiger partial charge is 0.280 e. The summed E-state index contributed by atoms with van der Waals surface area (Å²) in [4.78, 5) is 34.4. The molecule has 3 rings (SSSR count). The molecule has 0 aliphatic heterocycles. The highest BCUT2D eigenvalue weighted by atomic mass is 32.2. The summed E-state index contributed by atoms with van der Waals surface area (Å²) in [7, 11) is 3.03. The number of fused-ring (bicyclic) bond motifs is 1. The van der Waals surface area contributed by atoms with Crippen LogP contribution < -0.4 is 11.2 Å². The molecular weight excluding hydrogens is 332 g/mol. The van der Waals surface area contributed by atoms with E-state index in [0.29, 0.717) is 27.6 Å². The number of hydrogen-bond acceptors (Lipinski definition) is 6. The number of thiophene rings is 1. The number of thioether (sulfide) groups is 1. The quantitative estimate of drug-likeness (QED) is 0.409. The Labute approximate surface area is 139 Å². The van der Waals surface area contributed by atoms with Crippen molar-refractivity contribution in [1.29, 1.82) is 0 Å². The first kappa shape index (κ1) is 15.5. The molecule has 0 spiro atoms. The lowest BCUT2D eigenvalue weighted by molar-refractivity contribution is 0.703. The van der Waals surface area contributed by atoms with Crippen LogP contribution in [0.3, 0.4) is 0 Å². The van der Waals surface area contributed by atoms with Gasteiger partial charge in [0.15, 0.2) is 11.5 Å². The van der Waals surface area contributed by atoms with Gasteiger partial charge in [-0.3, -0.25) is 13.9 Å². The molecule has 0 unspecified atom stereocenters. The van der Waals surface area contributed by atoms with Crippen molar-refractivity contribution >= 4 is 34.1 Å². The van der Waals surface area contributed by atoms with Crippen molar-refractivity contribution in [1.82, 2.24) is 19.1 Å². The number of aromatic nitrogens is 4. The summed E-state index contributed by atoms with van der Waals surface area (Å²) in [6, 6.07) is 3.78. The molecule has 0 aromatic carbocycles. The second-order valence-corrected chi connectivity index (χ2v) is 6.64. The Morgan fingerprint density at radius 2 is 2.09 bits per heavy atom. The van der Waals surface area contributed by atoms with Gasteiger partial charge in [-0.1, -0.05) is 23.7 Å². The highest BCUT2D eigenvalue weighted by molar-refractivity contribution is 7.99. The summed E-state index contributed by atoms with van der Waals surface area (Å²) in [5, 5.41) is 2.72. The van der Waals surface area contributed by atoms with Crippen LogP contribution in [0, 0.1) is 12.3 Å². The predicted octanol–water partition coefficient (Wildman–Crippen LogP) is 1.48. The summed E-state index contributed by atoms with van der Waals surface area (Å²) in [6.07, 6.45) is 5.32. The Bertz CT molecular complexity index is 1040. The first-order chi connectivity index (χ1) is 11.0. The van der Waals surface area contributed by atoms with Gasteiger partial charge < -0.3 is 0 Å². The third-order valence-electron chi connectivity index (χ3n) is 3.30. The molecule has 0 N–H and O–H groups in total. The third kappa shape index (κ3) is 2.58. The second-order valence-electron chi connectivity index (χ2n) is 4.73. The molecule has 3 aromatic heterocycles. The number of hydrogen-bond donors (Lipinski definition) is 0. The standard InChI is InChI=1S/C15H12N4O2S2/c1-4-7-23-13-10-12(18(2)15(21)19(3)14(10)20)16-11(17-13)9-6-5-8-22-9/h1,5-6,8H,7H2,2-3H3. The van der Waals surface area contributed by atoms with Crippen molar-refractivity contribution in [2.45, 2.75) is 5.03 Å². The van der Waals surface area contributed by atoms with Gasteiger partial charge in [0.05, 0.1) is 10.6 Å². The maximum Gasteiger partial charge on any atom is 0.332 e. The maximum atomic E-state index is 12.5. The van der Waals surface area contributed by atoms with Gasteiger partial charge in [0.25, 0.3) is 5.56 Å². The molecule has 0 saturated heterocycles. The molecule has 0 saturated carbocycles. The summed E-state index contributed by atoms with van der Waals surface area (Å²) < 4.78 is 2.41. The zero-order valence-corrected chi connectivity index (χ0v) is 14.1. The molecule has 0 fully saturated rings. The van der Waals surface area contributed by atoms with Gasteiger partial charge in [-0.05, 0) is 11.4 Å². The average molecular weight is 344 g/mol. The van der Waals surface area contributed by atoms with E-state index in [1.54, 1.807) is 7.05 Å². The first-order valence-corrected chi connectivity index (χ1v) is 8.49. The fourth-order valence-electron chi connectivity index (χ4n) is 2.16. The van der Waals surface area contributed by atoms with Gasteiger partial charge in [0.2, 0.25) is 0 Å². The average Bonchev–Trinajstić information content (AvgIpc) is 3.09. The maximum absolute atomic E-state index is 12.5. The fourth-order valence-corrected chi connectivity index (χ4v) is 3.51. The molecule has 0 atom stereocenters. The Balaban J connectivity index is 2.43. The van der Waals surface area contributed by atoms with Crippen LogP contribution in [0.15, 0.2) is 32.1 Å². The van der Waals surface area contributed by atoms with Crippen LogP contribution in [0.1, 0.15) is 0 Å². The number of aryl methyl sites for hydroxylation is 1. The molecule has 0 amide bonds. The van der Waals surface area contributed by atoms with Crippen LogP contribution in [-0.2, 0) is 14.1 Å². The molecule has 0 aliphatic rings. The van der Waals surface area contributed by atoms with E-state index < -0.39 is 11.2 Å². The highest BCUT2D eigenvalue weighted by Gasteiger charge is 2.18. The number of terminal acetylenes is 1. The Morgan fingerprint density at radius 3 is 2.74 bits per heavy atom. The fraction of sp³-hybridized carbons (Fsp3) is 0.200. The van der Waals surface area contributed by atoms with Gasteiger partial charge in [0.1, 0.15) is 10.4 Å². The van der Waals surface area contributed by atoms with E-state index in [4.69, 9.17) is 6.42 Å². The van der Waals surface area contributed by atoms with Crippen molar-refractivity contribution < 1.29 is 0 Å². The predicted molar refractivity (Wildman–Crippen MR) is 92.9 cm³/mol. The molecule has 0 aliphatic carbocycles. The van der Waals surface area contributed by atoms with Gasteiger partial charge in [-0.15, -0.1) is 17.8 Å². The van der Waals surface area contributed by atoms with Gasteiger partial charge in [-0.2, -0.15) is 0 Å². The van der Waals surface area contributed by atoms with E-state index in [1.807, 2.05) is 17.5 Å². The zero-order valence-electron chi connectivity index (χ0n) is 12.4. The van der Waals surface area contributed by atoms with E-state index in [2.05, 4.69) is 15.9 Å². The second kappa shape index (κ2) is 6.02. The minimum atomic E-state index is -0.425. The van der Waals surface area contributed by atoms with E-state index in [-0.39, 0.29) is 0 Å². The summed E-state index contributed by atoms with van der Waals surface area (Å²) >= 11 is 2.78. The lowest BCUT2D eigenvalue weighted by Crippen LogP contribution is -2.37. The van der Waals surface area contributed by atoms with E-state index in [1.165, 1.54) is 34.7 Å². The van der Waals surface area contributed by atoms with Crippen LogP contribution in [0.25, 0.3) is 21.7 Å². The van der Waals surface area contributed by atoms with E-state index in [9.17, 15) is 9.59 Å². The Kier molecular flexibility index (Phi) is 4.07. The van der Waals surface area contributed by atoms with Crippen molar-refractivity contribution in [3.05, 3.63) is 38.4 Å². The highest BCUT2D eigenvalue weighted by Crippen LogP contribution is 2.27. The Morgan fingerprint density at radius 1 is 1.30 bits per heavy atom. The van der Waals surface area contributed by atoms with Crippen molar-refractivity contribution in [3.63, 3.8) is 0 Å². The molecule has 23 heavy (non-hydrogen) atoms. The topological polar surface area (TPSA) is 69.8 Å². The minimum absolute atomic E-state index is 0.315. The molecular formula is C15H12N4O2S2. The molecule has 0 radical (unpaired) electrons. The molecule has 116 valence electrons. The lowest BCUT2D eigenvalue weighted by Gasteiger charge is -2.10. The molecule has 3 heterocycles. The molecule has 6 nitrogen and oxygen atoms in total. The molecule has 3 aromatic rings. The van der Waals surface area contributed by atoms with Crippen LogP contribution in [0.2, 0.25) is 0 Å². The largest absolute Gasteiger partial charge is 0.332 e. The monoisotopic (exact) mass is 344 g/mol. The van der Waals surface area contributed by atoms with E-state index >= 15 is 0 Å². The molecule has 8 heteroatoms. The number of rotatable bonds is 3. The SMILES string of the molecule is C#CCSc1nc(-c2cccs2)nc2c1c(=O)n(C)c(=O)n2C. The zero-order chi connectivity index (χ0) is 16.6. The Hall–Kier alpha value is -2.37. The summed E-state index contributed by atoms with van der Waals surface area (Å²) in [5.74, 6) is 3.38. The minimum Gasteiger partial charge on any atom is -0.280 e. The van der Waals surface area contributed by atoms with Gasteiger partial charge in [-0.25, -0.2) is 14.8 Å². The van der Waals surface area contributed by atoms with Crippen LogP contribution in [0.5, 0.6) is 0 Å². The summed E-state index contributed by atoms with van der Waals surface area (Å²) in [5.41, 5.74) is -0.525. The van der Waals surface area contributed by atoms with Crippen molar-refractivity contribution in [2.75, 3.05) is 5.75 Å². The van der Waals surface area contributed by atoms with Crippen LogP contribution in [0.4, 0.5) is 0 Å². The lowest BCUT2D eigenvalue weighted by atomic mass is 10.3. The van der Waals surface area contributed by atoms with Crippen LogP contribution >= 0.6 is 23.1 Å². The first-order valence-electron chi connectivity index (χ1n) is 6.62. The van der Waals surface area contributed by atoms with Crippen LogP contribution in [-0.4, -0.2) is 24.9 Å². The van der Waals surface area contributed by atoms with Crippen molar-refractivity contribution in [3.8, 4) is 23.0 Å². The van der Waals surface area contributed by atoms with Gasteiger partial charge in [0, 0.05) is 14.1 Å². The molecule has 0 bridgehead atoms. The van der Waals surface area contributed by atoms with E-state index in [0.717, 1.165) is 9.44 Å². The summed E-state index contributed by atoms with van der Waals surface area (Å²) in [6.45, 7) is 0. The van der Waals surface area contributed by atoms with Gasteiger partial charge >= 0.3 is 5.69 Å². The normalized spacial score (nSPS) is 10.8. The third-order valence-corrected chi connectivity index (χ3v) is 5.05.